The third kappa shape index (κ3) is 5.11. The molecule has 0 saturated carbocycles. The van der Waals surface area contributed by atoms with Gasteiger partial charge >= 0.3 is 11.9 Å². The molecule has 0 amide bonds. The van der Waals surface area contributed by atoms with Crippen molar-refractivity contribution in [2.24, 2.45) is 5.92 Å². The van der Waals surface area contributed by atoms with E-state index in [4.69, 9.17) is 14.5 Å². The Labute approximate surface area is 214 Å². The molecule has 2 aromatic heterocycles. The average Bonchev–Trinajstić information content (AvgIpc) is 3.32. The van der Waals surface area contributed by atoms with Crippen LogP contribution in [0.2, 0.25) is 0 Å². The van der Waals surface area contributed by atoms with Crippen LogP contribution in [0.1, 0.15) is 39.2 Å². The van der Waals surface area contributed by atoms with Crippen molar-refractivity contribution in [1.29, 1.82) is 0 Å². The van der Waals surface area contributed by atoms with Gasteiger partial charge < -0.3 is 20.1 Å². The number of nitrogens with zero attached hydrogens (tertiary/aromatic N) is 2. The number of rotatable bonds is 8. The summed E-state index contributed by atoms with van der Waals surface area (Å²) in [6.45, 7) is 7.68. The van der Waals surface area contributed by atoms with Crippen LogP contribution in [0.25, 0.3) is 11.4 Å². The van der Waals surface area contributed by atoms with Crippen molar-refractivity contribution in [3.63, 3.8) is 0 Å². The van der Waals surface area contributed by atoms with Gasteiger partial charge in [0.15, 0.2) is 5.13 Å². The zero-order chi connectivity index (χ0) is 25.7. The maximum Gasteiger partial charge on any atom is 0.336 e. The van der Waals surface area contributed by atoms with Crippen molar-refractivity contribution in [1.82, 2.24) is 15.3 Å². The number of pyridine rings is 1. The van der Waals surface area contributed by atoms with Gasteiger partial charge in [-0.3, -0.25) is 9.78 Å². The number of carbonyl (C=O) groups is 2. The van der Waals surface area contributed by atoms with Crippen molar-refractivity contribution in [3.05, 3.63) is 76.9 Å². The Bertz CT molecular complexity index is 1240. The summed E-state index contributed by atoms with van der Waals surface area (Å²) in [7, 11) is 0. The summed E-state index contributed by atoms with van der Waals surface area (Å²) >= 11 is 1.42. The molecule has 0 bridgehead atoms. The van der Waals surface area contributed by atoms with Crippen LogP contribution in [0.4, 0.5) is 5.13 Å². The fourth-order valence-corrected chi connectivity index (χ4v) is 5.49. The van der Waals surface area contributed by atoms with E-state index in [1.807, 2.05) is 67.8 Å². The van der Waals surface area contributed by atoms with Crippen LogP contribution in [0, 0.1) is 5.92 Å². The topological polar surface area (TPSA) is 102 Å². The number of hydrogen-bond donors (Lipinski definition) is 2. The lowest BCUT2D eigenvalue weighted by atomic mass is 9.71. The molecule has 3 heterocycles. The molecular weight excluding hydrogens is 476 g/mol. The molecule has 3 unspecified atom stereocenters. The minimum absolute atomic E-state index is 0.214. The van der Waals surface area contributed by atoms with Gasteiger partial charge in [-0.2, -0.15) is 0 Å². The monoisotopic (exact) mass is 506 g/mol. The summed E-state index contributed by atoms with van der Waals surface area (Å²) in [6, 6.07) is 15.2. The normalized spacial score (nSPS) is 21.4. The van der Waals surface area contributed by atoms with Gasteiger partial charge in [-0.15, -0.1) is 11.3 Å². The van der Waals surface area contributed by atoms with Gasteiger partial charge in [0, 0.05) is 23.2 Å². The lowest BCUT2D eigenvalue weighted by molar-refractivity contribution is -0.152. The summed E-state index contributed by atoms with van der Waals surface area (Å²) < 4.78 is 10.9. The SMILES string of the molecule is CCOC(=O)C1=C(C)NC(C)(Nc2nc(-c3ccccn3)cs2)C(C(=O)OCC)C1c1ccccc1. The molecular formula is C27H30N4O4S. The molecule has 188 valence electrons. The van der Waals surface area contributed by atoms with Gasteiger partial charge in [-0.25, -0.2) is 9.78 Å². The van der Waals surface area contributed by atoms with E-state index in [2.05, 4.69) is 15.6 Å². The molecule has 0 saturated heterocycles. The van der Waals surface area contributed by atoms with Crippen LogP contribution in [-0.4, -0.2) is 40.8 Å². The largest absolute Gasteiger partial charge is 0.466 e. The first-order valence-electron chi connectivity index (χ1n) is 11.9. The first-order valence-corrected chi connectivity index (χ1v) is 12.8. The van der Waals surface area contributed by atoms with Crippen LogP contribution >= 0.6 is 11.3 Å². The number of allylic oxidation sites excluding steroid dienone is 1. The molecule has 0 aliphatic carbocycles. The third-order valence-corrected chi connectivity index (χ3v) is 6.87. The predicted molar refractivity (Wildman–Crippen MR) is 139 cm³/mol. The van der Waals surface area contributed by atoms with Crippen molar-refractivity contribution < 1.29 is 19.1 Å². The van der Waals surface area contributed by atoms with E-state index < -0.39 is 29.4 Å². The number of aromatic nitrogens is 2. The first-order chi connectivity index (χ1) is 17.4. The van der Waals surface area contributed by atoms with Gasteiger partial charge in [0.2, 0.25) is 0 Å². The molecule has 9 heteroatoms. The highest BCUT2D eigenvalue weighted by Gasteiger charge is 2.52. The Hall–Kier alpha value is -3.72. The van der Waals surface area contributed by atoms with Crippen LogP contribution in [0.5, 0.6) is 0 Å². The molecule has 0 radical (unpaired) electrons. The molecule has 2 N–H and O–H groups in total. The molecule has 0 spiro atoms. The number of ether oxygens (including phenoxy) is 2. The molecule has 3 atom stereocenters. The van der Waals surface area contributed by atoms with Gasteiger partial charge in [0.05, 0.1) is 24.5 Å². The number of anilines is 1. The second kappa shape index (κ2) is 10.9. The first kappa shape index (κ1) is 25.4. The van der Waals surface area contributed by atoms with Crippen molar-refractivity contribution >= 4 is 28.4 Å². The number of esters is 2. The molecule has 8 nitrogen and oxygen atoms in total. The minimum atomic E-state index is -1.02. The molecule has 1 aliphatic rings. The zero-order valence-corrected chi connectivity index (χ0v) is 21.6. The van der Waals surface area contributed by atoms with Crippen LogP contribution in [0.15, 0.2) is 71.4 Å². The Morgan fingerprint density at radius 3 is 2.44 bits per heavy atom. The summed E-state index contributed by atoms with van der Waals surface area (Å²) in [6.07, 6.45) is 1.72. The van der Waals surface area contributed by atoms with Crippen LogP contribution in [0.3, 0.4) is 0 Å². The molecule has 4 rings (SSSR count). The van der Waals surface area contributed by atoms with Crippen molar-refractivity contribution in [2.45, 2.75) is 39.3 Å². The highest BCUT2D eigenvalue weighted by molar-refractivity contribution is 7.14. The Balaban J connectivity index is 1.80. The standard InChI is InChI=1S/C27H30N4O4S/c1-5-34-24(32)21-17(3)30-27(4,31-26-29-20(16-36-26)19-14-10-11-15-28-19)23(25(33)35-6-2)22(21)18-12-8-7-9-13-18/h7-16,22-23,30H,5-6H2,1-4H3,(H,29,31). The Kier molecular flexibility index (Phi) is 7.69. The Morgan fingerprint density at radius 2 is 1.78 bits per heavy atom. The van der Waals surface area contributed by atoms with Crippen LogP contribution in [-0.2, 0) is 19.1 Å². The van der Waals surface area contributed by atoms with Gasteiger partial charge in [0.25, 0.3) is 0 Å². The fraction of sp³-hybridized carbons (Fsp3) is 0.333. The lowest BCUT2D eigenvalue weighted by Crippen LogP contribution is -2.62. The Morgan fingerprint density at radius 1 is 1.06 bits per heavy atom. The number of thiazole rings is 1. The number of hydrogen-bond acceptors (Lipinski definition) is 9. The van der Waals surface area contributed by atoms with Gasteiger partial charge in [-0.1, -0.05) is 36.4 Å². The average molecular weight is 507 g/mol. The smallest absolute Gasteiger partial charge is 0.336 e. The van der Waals surface area contributed by atoms with E-state index >= 15 is 0 Å². The number of carbonyl (C=O) groups excluding carboxylic acids is 2. The lowest BCUT2D eigenvalue weighted by Gasteiger charge is -2.46. The third-order valence-electron chi connectivity index (χ3n) is 6.11. The van der Waals surface area contributed by atoms with Gasteiger partial charge in [-0.05, 0) is 45.4 Å². The maximum absolute atomic E-state index is 13.5. The second-order valence-corrected chi connectivity index (χ2v) is 9.44. The summed E-state index contributed by atoms with van der Waals surface area (Å²) in [4.78, 5) is 35.8. The molecule has 0 fully saturated rings. The number of nitrogens with one attached hydrogen (secondary N) is 2. The molecule has 1 aromatic carbocycles. The van der Waals surface area contributed by atoms with Crippen molar-refractivity contribution in [3.8, 4) is 11.4 Å². The van der Waals surface area contributed by atoms with Gasteiger partial charge in [0.1, 0.15) is 17.3 Å². The maximum atomic E-state index is 13.5. The van der Waals surface area contributed by atoms with E-state index in [0.717, 1.165) is 17.0 Å². The van der Waals surface area contributed by atoms with Crippen molar-refractivity contribution in [2.75, 3.05) is 18.5 Å². The van der Waals surface area contributed by atoms with E-state index in [1.165, 1.54) is 11.3 Å². The van der Waals surface area contributed by atoms with E-state index in [1.54, 1.807) is 20.0 Å². The quantitative estimate of drug-likeness (QED) is 0.423. The fourth-order valence-electron chi connectivity index (χ4n) is 4.67. The van der Waals surface area contributed by atoms with Crippen LogP contribution < -0.4 is 10.6 Å². The minimum Gasteiger partial charge on any atom is -0.466 e. The molecule has 1 aliphatic heterocycles. The molecule has 36 heavy (non-hydrogen) atoms. The van der Waals surface area contributed by atoms with E-state index in [0.29, 0.717) is 16.4 Å². The zero-order valence-electron chi connectivity index (χ0n) is 20.8. The summed E-state index contributed by atoms with van der Waals surface area (Å²) in [5, 5.41) is 9.35. The van der Waals surface area contributed by atoms with E-state index in [9.17, 15) is 9.59 Å². The number of benzene rings is 1. The highest BCUT2D eigenvalue weighted by atomic mass is 32.1. The second-order valence-electron chi connectivity index (χ2n) is 8.58. The van der Waals surface area contributed by atoms with E-state index in [-0.39, 0.29) is 13.2 Å². The summed E-state index contributed by atoms with van der Waals surface area (Å²) in [5.41, 5.74) is 2.32. The highest BCUT2D eigenvalue weighted by Crippen LogP contribution is 2.45. The summed E-state index contributed by atoms with van der Waals surface area (Å²) in [5.74, 6) is -2.28. The molecule has 3 aromatic rings. The predicted octanol–water partition coefficient (Wildman–Crippen LogP) is 4.74.